The molecule has 0 radical (unpaired) electrons. The van der Waals surface area contributed by atoms with E-state index < -0.39 is 0 Å². The number of piperazine rings is 1. The molecule has 3 heterocycles. The maximum absolute atomic E-state index is 12.9. The van der Waals surface area contributed by atoms with Crippen molar-refractivity contribution in [3.8, 4) is 17.3 Å². The minimum atomic E-state index is -0.0461. The Kier molecular flexibility index (Phi) is 6.27. The molecule has 1 fully saturated rings. The molecule has 0 saturated carbocycles. The number of aromatic nitrogens is 3. The zero-order valence-corrected chi connectivity index (χ0v) is 20.3. The molecule has 0 aliphatic carbocycles. The molecule has 0 bridgehead atoms. The van der Waals surface area contributed by atoms with Gasteiger partial charge in [0.05, 0.1) is 18.5 Å². The molecule has 8 heteroatoms. The van der Waals surface area contributed by atoms with Crippen LogP contribution in [0, 0.1) is 13.8 Å². The first-order valence-corrected chi connectivity index (χ1v) is 11.8. The van der Waals surface area contributed by atoms with Gasteiger partial charge in [0.2, 0.25) is 5.88 Å². The highest BCUT2D eigenvalue weighted by Crippen LogP contribution is 2.27. The van der Waals surface area contributed by atoms with Gasteiger partial charge in [-0.1, -0.05) is 24.3 Å². The first-order valence-electron chi connectivity index (χ1n) is 11.8. The van der Waals surface area contributed by atoms with E-state index in [1.807, 2.05) is 78.0 Å². The third-order valence-electron chi connectivity index (χ3n) is 6.38. The van der Waals surface area contributed by atoms with Crippen molar-refractivity contribution in [1.29, 1.82) is 0 Å². The summed E-state index contributed by atoms with van der Waals surface area (Å²) in [5, 5.41) is 5.69. The Balaban J connectivity index is 1.25. The minimum Gasteiger partial charge on any atom is -0.497 e. The molecular weight excluding hydrogens is 442 g/mol. The largest absolute Gasteiger partial charge is 0.497 e. The summed E-state index contributed by atoms with van der Waals surface area (Å²) in [4.78, 5) is 21.7. The number of carbonyl (C=O) groups excluding carboxylic acids is 1. The fourth-order valence-corrected chi connectivity index (χ4v) is 4.55. The summed E-state index contributed by atoms with van der Waals surface area (Å²) in [7, 11) is 1.67. The average Bonchev–Trinajstić information content (AvgIpc) is 3.24. The molecule has 1 saturated heterocycles. The molecule has 0 N–H and O–H groups in total. The molecule has 2 aromatic carbocycles. The van der Waals surface area contributed by atoms with Gasteiger partial charge in [0.15, 0.2) is 12.3 Å². The van der Waals surface area contributed by atoms with E-state index in [9.17, 15) is 4.79 Å². The van der Waals surface area contributed by atoms with Gasteiger partial charge in [-0.15, -0.1) is 0 Å². The van der Waals surface area contributed by atoms with Crippen molar-refractivity contribution in [2.75, 3.05) is 44.8 Å². The molecular formula is C27H29N5O3. The lowest BCUT2D eigenvalue weighted by Crippen LogP contribution is -2.50. The van der Waals surface area contributed by atoms with Crippen LogP contribution in [0.15, 0.2) is 60.7 Å². The van der Waals surface area contributed by atoms with Crippen LogP contribution in [-0.4, -0.2) is 65.5 Å². The van der Waals surface area contributed by atoms with Crippen molar-refractivity contribution < 1.29 is 14.3 Å². The third kappa shape index (κ3) is 4.64. The van der Waals surface area contributed by atoms with Gasteiger partial charge in [-0.2, -0.15) is 10.1 Å². The zero-order chi connectivity index (χ0) is 24.4. The number of fused-ring (bicyclic) bond motifs is 1. The fourth-order valence-electron chi connectivity index (χ4n) is 4.55. The minimum absolute atomic E-state index is 0.0393. The first kappa shape index (κ1) is 22.7. The van der Waals surface area contributed by atoms with E-state index >= 15 is 0 Å². The van der Waals surface area contributed by atoms with Crippen molar-refractivity contribution in [3.63, 3.8) is 0 Å². The van der Waals surface area contributed by atoms with Gasteiger partial charge in [0.1, 0.15) is 5.75 Å². The number of amides is 1. The predicted octanol–water partition coefficient (Wildman–Crippen LogP) is 3.77. The normalized spacial score (nSPS) is 13.8. The van der Waals surface area contributed by atoms with Crippen LogP contribution in [0.25, 0.3) is 16.7 Å². The molecule has 2 aromatic heterocycles. The van der Waals surface area contributed by atoms with E-state index in [0.29, 0.717) is 19.0 Å². The van der Waals surface area contributed by atoms with Gasteiger partial charge < -0.3 is 19.3 Å². The smallest absolute Gasteiger partial charge is 0.260 e. The number of pyridine rings is 1. The number of hydrogen-bond donors (Lipinski definition) is 0. The molecule has 0 unspecified atom stereocenters. The lowest BCUT2D eigenvalue weighted by molar-refractivity contribution is -0.133. The second kappa shape index (κ2) is 9.66. The molecule has 8 nitrogen and oxygen atoms in total. The van der Waals surface area contributed by atoms with Crippen LogP contribution in [-0.2, 0) is 4.79 Å². The molecule has 0 spiro atoms. The summed E-state index contributed by atoms with van der Waals surface area (Å²) >= 11 is 0. The molecule has 180 valence electrons. The standard InChI is InChI=1S/C27H29N5O3/c1-19-16-24(28-27-26(19)20(2)29-32(27)21-8-5-4-6-9-21)35-18-25(33)31-14-12-30(13-15-31)22-10-7-11-23(17-22)34-3/h4-11,16-17H,12-15,18H2,1-3H3. The highest BCUT2D eigenvalue weighted by atomic mass is 16.5. The van der Waals surface area contributed by atoms with Crippen LogP contribution in [0.2, 0.25) is 0 Å². The second-order valence-corrected chi connectivity index (χ2v) is 8.67. The number of ether oxygens (including phenoxy) is 2. The number of rotatable bonds is 6. The Labute approximate surface area is 204 Å². The quantitative estimate of drug-likeness (QED) is 0.426. The summed E-state index contributed by atoms with van der Waals surface area (Å²) in [5.74, 6) is 1.22. The van der Waals surface area contributed by atoms with Crippen LogP contribution >= 0.6 is 0 Å². The van der Waals surface area contributed by atoms with E-state index in [0.717, 1.165) is 52.5 Å². The number of methoxy groups -OCH3 is 1. The fraction of sp³-hybridized carbons (Fsp3) is 0.296. The summed E-state index contributed by atoms with van der Waals surface area (Å²) < 4.78 is 13.0. The van der Waals surface area contributed by atoms with Crippen LogP contribution in [0.1, 0.15) is 11.3 Å². The van der Waals surface area contributed by atoms with Gasteiger partial charge in [0.25, 0.3) is 5.91 Å². The SMILES string of the molecule is COc1cccc(N2CCN(C(=O)COc3cc(C)c4c(C)nn(-c5ccccc5)c4n3)CC2)c1. The number of hydrogen-bond acceptors (Lipinski definition) is 6. The first-order chi connectivity index (χ1) is 17.0. The molecule has 1 aliphatic heterocycles. The molecule has 4 aromatic rings. The number of benzene rings is 2. The van der Waals surface area contributed by atoms with Gasteiger partial charge in [-0.25, -0.2) is 4.68 Å². The van der Waals surface area contributed by atoms with E-state index in [1.165, 1.54) is 0 Å². The van der Waals surface area contributed by atoms with Gasteiger partial charge in [-0.3, -0.25) is 4.79 Å². The van der Waals surface area contributed by atoms with Crippen molar-refractivity contribution >= 4 is 22.6 Å². The highest BCUT2D eigenvalue weighted by molar-refractivity contribution is 5.84. The molecule has 35 heavy (non-hydrogen) atoms. The van der Waals surface area contributed by atoms with Crippen molar-refractivity contribution in [2.45, 2.75) is 13.8 Å². The Bertz CT molecular complexity index is 1340. The maximum atomic E-state index is 12.9. The number of aryl methyl sites for hydroxylation is 2. The summed E-state index contributed by atoms with van der Waals surface area (Å²) in [6.07, 6.45) is 0. The molecule has 1 aliphatic rings. The van der Waals surface area contributed by atoms with Crippen molar-refractivity contribution in [3.05, 3.63) is 71.9 Å². The van der Waals surface area contributed by atoms with Crippen molar-refractivity contribution in [2.24, 2.45) is 0 Å². The van der Waals surface area contributed by atoms with Crippen molar-refractivity contribution in [1.82, 2.24) is 19.7 Å². The molecule has 1 amide bonds. The van der Waals surface area contributed by atoms with E-state index in [2.05, 4.69) is 16.1 Å². The monoisotopic (exact) mass is 471 g/mol. The third-order valence-corrected chi connectivity index (χ3v) is 6.38. The van der Waals surface area contributed by atoms with Crippen LogP contribution < -0.4 is 14.4 Å². The number of carbonyl (C=O) groups is 1. The Morgan fingerprint density at radius 3 is 2.43 bits per heavy atom. The number of nitrogens with zero attached hydrogens (tertiary/aromatic N) is 5. The lowest BCUT2D eigenvalue weighted by Gasteiger charge is -2.36. The summed E-state index contributed by atoms with van der Waals surface area (Å²) in [6.45, 7) is 6.76. The highest BCUT2D eigenvalue weighted by Gasteiger charge is 2.22. The Morgan fingerprint density at radius 2 is 1.69 bits per heavy atom. The maximum Gasteiger partial charge on any atom is 0.260 e. The molecule has 5 rings (SSSR count). The van der Waals surface area contributed by atoms with Gasteiger partial charge in [-0.05, 0) is 43.7 Å². The topological polar surface area (TPSA) is 72.7 Å². The number of anilines is 1. The summed E-state index contributed by atoms with van der Waals surface area (Å²) in [6, 6.07) is 19.8. The number of para-hydroxylation sites is 1. The average molecular weight is 472 g/mol. The molecule has 0 atom stereocenters. The predicted molar refractivity (Wildman–Crippen MR) is 136 cm³/mol. The van der Waals surface area contributed by atoms with Crippen LogP contribution in [0.3, 0.4) is 0 Å². The van der Waals surface area contributed by atoms with Crippen LogP contribution in [0.5, 0.6) is 11.6 Å². The lowest BCUT2D eigenvalue weighted by atomic mass is 10.2. The Morgan fingerprint density at radius 1 is 0.943 bits per heavy atom. The van der Waals surface area contributed by atoms with Gasteiger partial charge >= 0.3 is 0 Å². The second-order valence-electron chi connectivity index (χ2n) is 8.67. The Hall–Kier alpha value is -4.07. The summed E-state index contributed by atoms with van der Waals surface area (Å²) in [5.41, 5.74) is 4.68. The van der Waals surface area contributed by atoms with Gasteiger partial charge in [0, 0.05) is 49.4 Å². The van der Waals surface area contributed by atoms with E-state index in [4.69, 9.17) is 14.5 Å². The van der Waals surface area contributed by atoms with E-state index in [1.54, 1.807) is 7.11 Å². The van der Waals surface area contributed by atoms with Crippen LogP contribution in [0.4, 0.5) is 5.69 Å². The zero-order valence-electron chi connectivity index (χ0n) is 20.3. The van der Waals surface area contributed by atoms with E-state index in [-0.39, 0.29) is 12.5 Å².